The first-order valence-electron chi connectivity index (χ1n) is 5.73. The van der Waals surface area contributed by atoms with Crippen LogP contribution in [0.2, 0.25) is 5.02 Å². The van der Waals surface area contributed by atoms with E-state index in [1.54, 1.807) is 0 Å². The average molecular weight is 249 g/mol. The van der Waals surface area contributed by atoms with E-state index in [-0.39, 0.29) is 0 Å². The number of halogens is 1. The summed E-state index contributed by atoms with van der Waals surface area (Å²) in [4.78, 5) is 0. The van der Waals surface area contributed by atoms with Gasteiger partial charge in [-0.1, -0.05) is 35.9 Å². The molecule has 1 heterocycles. The van der Waals surface area contributed by atoms with E-state index < -0.39 is 6.10 Å². The third-order valence-corrected chi connectivity index (χ3v) is 3.58. The van der Waals surface area contributed by atoms with Gasteiger partial charge in [-0.2, -0.15) is 0 Å². The maximum absolute atomic E-state index is 10.0. The van der Waals surface area contributed by atoms with Crippen LogP contribution in [0, 0.1) is 0 Å². The van der Waals surface area contributed by atoms with Crippen LogP contribution in [0.1, 0.15) is 17.2 Å². The van der Waals surface area contributed by atoms with Crippen LogP contribution in [0.25, 0.3) is 10.8 Å². The molecule has 0 radical (unpaired) electrons. The Morgan fingerprint density at radius 1 is 1.24 bits per heavy atom. The fourth-order valence-electron chi connectivity index (χ4n) is 2.45. The second-order valence-electron chi connectivity index (χ2n) is 4.31. The lowest BCUT2D eigenvalue weighted by Crippen LogP contribution is -2.05. The van der Waals surface area contributed by atoms with E-state index in [1.165, 1.54) is 0 Å². The van der Waals surface area contributed by atoms with E-state index in [2.05, 4.69) is 6.07 Å². The molecule has 0 aliphatic carbocycles. The first kappa shape index (κ1) is 11.0. The van der Waals surface area contributed by atoms with Crippen LogP contribution in [0.3, 0.4) is 0 Å². The minimum atomic E-state index is -0.574. The molecule has 1 aliphatic heterocycles. The largest absolute Gasteiger partial charge is 0.386 e. The van der Waals surface area contributed by atoms with Gasteiger partial charge in [0.1, 0.15) is 6.10 Å². The van der Waals surface area contributed by atoms with Crippen LogP contribution < -0.4 is 0 Å². The van der Waals surface area contributed by atoms with Gasteiger partial charge in [0.05, 0.1) is 13.2 Å². The van der Waals surface area contributed by atoms with Crippen molar-refractivity contribution in [3.63, 3.8) is 0 Å². The fraction of sp³-hybridized carbons (Fsp3) is 0.286. The van der Waals surface area contributed by atoms with Crippen molar-refractivity contribution in [2.45, 2.75) is 12.5 Å². The Morgan fingerprint density at radius 2 is 2.00 bits per heavy atom. The summed E-state index contributed by atoms with van der Waals surface area (Å²) < 4.78 is 5.38. The van der Waals surface area contributed by atoms with E-state index in [0.717, 1.165) is 28.3 Å². The summed E-state index contributed by atoms with van der Waals surface area (Å²) in [6, 6.07) is 9.91. The van der Waals surface area contributed by atoms with E-state index in [4.69, 9.17) is 16.3 Å². The van der Waals surface area contributed by atoms with Gasteiger partial charge in [-0.25, -0.2) is 0 Å². The Hall–Kier alpha value is -1.09. The Balaban J connectivity index is 2.34. The van der Waals surface area contributed by atoms with E-state index in [0.29, 0.717) is 18.2 Å². The van der Waals surface area contributed by atoms with Crippen LogP contribution in [-0.4, -0.2) is 18.3 Å². The maximum atomic E-state index is 10.0. The second kappa shape index (κ2) is 4.30. The molecule has 0 bridgehead atoms. The van der Waals surface area contributed by atoms with Crippen molar-refractivity contribution in [1.82, 2.24) is 0 Å². The molecule has 88 valence electrons. The van der Waals surface area contributed by atoms with E-state index in [9.17, 15) is 5.11 Å². The summed E-state index contributed by atoms with van der Waals surface area (Å²) in [5.74, 6) is 0. The number of aliphatic hydroxyl groups excluding tert-OH is 1. The average Bonchev–Trinajstić information content (AvgIpc) is 2.53. The highest BCUT2D eigenvalue weighted by Crippen LogP contribution is 2.34. The van der Waals surface area contributed by atoms with Gasteiger partial charge >= 0.3 is 0 Å². The highest BCUT2D eigenvalue weighted by Gasteiger charge is 2.20. The molecule has 0 fully saturated rings. The van der Waals surface area contributed by atoms with Crippen molar-refractivity contribution in [3.8, 4) is 0 Å². The summed E-state index contributed by atoms with van der Waals surface area (Å²) in [7, 11) is 0. The molecule has 0 saturated carbocycles. The number of fused-ring (bicyclic) bond motifs is 3. The third-order valence-electron chi connectivity index (χ3n) is 3.27. The van der Waals surface area contributed by atoms with Crippen LogP contribution in [0.4, 0.5) is 0 Å². The topological polar surface area (TPSA) is 29.5 Å². The van der Waals surface area contributed by atoms with Crippen LogP contribution in [-0.2, 0) is 11.2 Å². The maximum Gasteiger partial charge on any atom is 0.103 e. The lowest BCUT2D eigenvalue weighted by molar-refractivity contribution is 0.0452. The lowest BCUT2D eigenvalue weighted by Gasteiger charge is -2.14. The van der Waals surface area contributed by atoms with Crippen molar-refractivity contribution >= 4 is 22.4 Å². The smallest absolute Gasteiger partial charge is 0.103 e. The quantitative estimate of drug-likeness (QED) is 0.776. The molecular formula is C14H13ClO2. The molecule has 1 aliphatic rings. The normalized spacial score (nSPS) is 20.0. The summed E-state index contributed by atoms with van der Waals surface area (Å²) in [6.07, 6.45) is 0.249. The minimum Gasteiger partial charge on any atom is -0.386 e. The predicted octanol–water partition coefficient (Wildman–Crippen LogP) is 3.10. The molecule has 2 aromatic rings. The van der Waals surface area contributed by atoms with E-state index >= 15 is 0 Å². The fourth-order valence-corrected chi connectivity index (χ4v) is 2.73. The Kier molecular flexibility index (Phi) is 2.79. The first-order valence-corrected chi connectivity index (χ1v) is 6.11. The van der Waals surface area contributed by atoms with Gasteiger partial charge in [-0.3, -0.25) is 0 Å². The van der Waals surface area contributed by atoms with Crippen molar-refractivity contribution in [2.24, 2.45) is 0 Å². The predicted molar refractivity (Wildman–Crippen MR) is 68.4 cm³/mol. The monoisotopic (exact) mass is 248 g/mol. The van der Waals surface area contributed by atoms with Gasteiger partial charge in [-0.05, 0) is 29.0 Å². The summed E-state index contributed by atoms with van der Waals surface area (Å²) in [6.45, 7) is 0.997. The molecule has 1 unspecified atom stereocenters. The molecule has 2 nitrogen and oxygen atoms in total. The van der Waals surface area contributed by atoms with Gasteiger partial charge in [0, 0.05) is 10.4 Å². The van der Waals surface area contributed by atoms with Crippen molar-refractivity contribution in [3.05, 3.63) is 46.5 Å². The summed E-state index contributed by atoms with van der Waals surface area (Å²) in [5, 5.41) is 12.9. The highest BCUT2D eigenvalue weighted by molar-refractivity contribution is 6.35. The standard InChI is InChI=1S/C14H13ClO2/c15-13-7-12-10(5-6-17-8-14(12)16)9-3-1-2-4-11(9)13/h1-4,7,14,16H,5-6,8H2. The van der Waals surface area contributed by atoms with E-state index in [1.807, 2.05) is 24.3 Å². The summed E-state index contributed by atoms with van der Waals surface area (Å²) in [5.41, 5.74) is 2.07. The van der Waals surface area contributed by atoms with Crippen molar-refractivity contribution < 1.29 is 9.84 Å². The molecule has 0 amide bonds. The second-order valence-corrected chi connectivity index (χ2v) is 4.72. The molecule has 1 atom stereocenters. The number of aliphatic hydroxyl groups is 1. The highest BCUT2D eigenvalue weighted by atomic mass is 35.5. The number of hydrogen-bond acceptors (Lipinski definition) is 2. The third kappa shape index (κ3) is 1.82. The molecule has 0 spiro atoms. The number of hydrogen-bond donors (Lipinski definition) is 1. The van der Waals surface area contributed by atoms with Crippen LogP contribution in [0.15, 0.2) is 30.3 Å². The Bertz CT molecular complexity index is 565. The zero-order chi connectivity index (χ0) is 11.8. The number of benzene rings is 2. The van der Waals surface area contributed by atoms with Gasteiger partial charge in [0.2, 0.25) is 0 Å². The molecule has 3 rings (SSSR count). The van der Waals surface area contributed by atoms with Gasteiger partial charge in [0.25, 0.3) is 0 Å². The van der Waals surface area contributed by atoms with Crippen LogP contribution in [0.5, 0.6) is 0 Å². The van der Waals surface area contributed by atoms with Gasteiger partial charge < -0.3 is 9.84 Å². The molecule has 1 N–H and O–H groups in total. The zero-order valence-corrected chi connectivity index (χ0v) is 10.1. The zero-order valence-electron chi connectivity index (χ0n) is 9.32. The van der Waals surface area contributed by atoms with Crippen molar-refractivity contribution in [1.29, 1.82) is 0 Å². The van der Waals surface area contributed by atoms with Crippen LogP contribution >= 0.6 is 11.6 Å². The first-order chi connectivity index (χ1) is 8.27. The molecule has 2 aromatic carbocycles. The molecule has 3 heteroatoms. The SMILES string of the molecule is OC1COCCc2c1cc(Cl)c1ccccc21. The molecule has 17 heavy (non-hydrogen) atoms. The Labute approximate surface area is 105 Å². The molecule has 0 aromatic heterocycles. The molecule has 0 saturated heterocycles. The van der Waals surface area contributed by atoms with Crippen molar-refractivity contribution in [2.75, 3.05) is 13.2 Å². The molecular weight excluding hydrogens is 236 g/mol. The Morgan fingerprint density at radius 3 is 2.82 bits per heavy atom. The lowest BCUT2D eigenvalue weighted by atomic mass is 9.94. The minimum absolute atomic E-state index is 0.349. The summed E-state index contributed by atoms with van der Waals surface area (Å²) >= 11 is 6.26. The van der Waals surface area contributed by atoms with Gasteiger partial charge in [-0.15, -0.1) is 0 Å². The number of ether oxygens (including phenoxy) is 1. The van der Waals surface area contributed by atoms with Gasteiger partial charge in [0.15, 0.2) is 0 Å². The number of rotatable bonds is 0.